The van der Waals surface area contributed by atoms with E-state index in [-0.39, 0.29) is 0 Å². The molecule has 1 aromatic carbocycles. The van der Waals surface area contributed by atoms with Crippen molar-refractivity contribution in [1.82, 2.24) is 9.55 Å². The molecule has 1 atom stereocenters. The van der Waals surface area contributed by atoms with Crippen LogP contribution in [0.4, 0.5) is 5.69 Å². The van der Waals surface area contributed by atoms with Crippen LogP contribution in [-0.2, 0) is 19.4 Å². The van der Waals surface area contributed by atoms with Crippen LogP contribution < -0.4 is 5.73 Å². The van der Waals surface area contributed by atoms with Crippen molar-refractivity contribution in [2.75, 3.05) is 11.5 Å². The molecule has 5 heteroatoms. The summed E-state index contributed by atoms with van der Waals surface area (Å²) in [6, 6.07) is 12.6. The molecule has 0 spiro atoms. The van der Waals surface area contributed by atoms with Gasteiger partial charge in [-0.1, -0.05) is 18.2 Å². The molecule has 0 saturated carbocycles. The van der Waals surface area contributed by atoms with Crippen LogP contribution in [0.3, 0.4) is 0 Å². The van der Waals surface area contributed by atoms with E-state index in [9.17, 15) is 0 Å². The monoisotopic (exact) mass is 371 g/mol. The van der Waals surface area contributed by atoms with Crippen LogP contribution >= 0.6 is 23.1 Å². The number of rotatable bonds is 10. The van der Waals surface area contributed by atoms with Gasteiger partial charge in [0.15, 0.2) is 0 Å². The quantitative estimate of drug-likeness (QED) is 0.407. The zero-order valence-electron chi connectivity index (χ0n) is 14.4. The van der Waals surface area contributed by atoms with Gasteiger partial charge in [0, 0.05) is 34.8 Å². The molecule has 0 radical (unpaired) electrons. The highest BCUT2D eigenvalue weighted by Gasteiger charge is 2.11. The Morgan fingerprint density at radius 2 is 2.04 bits per heavy atom. The van der Waals surface area contributed by atoms with E-state index in [2.05, 4.69) is 57.2 Å². The van der Waals surface area contributed by atoms with Crippen molar-refractivity contribution in [2.45, 2.75) is 37.5 Å². The van der Waals surface area contributed by atoms with E-state index in [0.717, 1.165) is 18.7 Å². The van der Waals surface area contributed by atoms with Gasteiger partial charge in [-0.2, -0.15) is 11.8 Å². The minimum Gasteiger partial charge on any atom is -0.399 e. The summed E-state index contributed by atoms with van der Waals surface area (Å²) in [5.74, 6) is 1.19. The number of hydrogen-bond donors (Lipinski definition) is 1. The van der Waals surface area contributed by atoms with Crippen LogP contribution in [-0.4, -0.2) is 20.6 Å². The summed E-state index contributed by atoms with van der Waals surface area (Å²) < 4.78 is 2.20. The number of hydrogen-bond acceptors (Lipinski definition) is 4. The summed E-state index contributed by atoms with van der Waals surface area (Å²) in [6.45, 7) is 1.04. The maximum atomic E-state index is 5.75. The van der Waals surface area contributed by atoms with E-state index in [0.29, 0.717) is 5.25 Å². The molecule has 0 fully saturated rings. The Bertz CT molecular complexity index is 706. The van der Waals surface area contributed by atoms with Crippen molar-refractivity contribution in [3.8, 4) is 0 Å². The van der Waals surface area contributed by atoms with Crippen LogP contribution in [0.2, 0.25) is 0 Å². The zero-order chi connectivity index (χ0) is 17.3. The number of aryl methyl sites for hydroxylation is 2. The Hall–Kier alpha value is -1.72. The number of benzene rings is 1. The molecule has 0 amide bonds. The Kier molecular flexibility index (Phi) is 7.00. The molecule has 2 N–H and O–H groups in total. The summed E-state index contributed by atoms with van der Waals surface area (Å²) in [4.78, 5) is 5.66. The number of nitrogen functional groups attached to an aromatic ring is 1. The van der Waals surface area contributed by atoms with Gasteiger partial charge in [0.2, 0.25) is 0 Å². The van der Waals surface area contributed by atoms with Gasteiger partial charge in [-0.3, -0.25) is 0 Å². The molecule has 3 rings (SSSR count). The zero-order valence-corrected chi connectivity index (χ0v) is 16.0. The molecule has 0 bridgehead atoms. The Morgan fingerprint density at radius 3 is 2.76 bits per heavy atom. The number of imidazole rings is 1. The van der Waals surface area contributed by atoms with Gasteiger partial charge in [0.05, 0.1) is 6.33 Å². The third-order valence-corrected chi connectivity index (χ3v) is 6.53. The molecule has 0 aliphatic rings. The van der Waals surface area contributed by atoms with E-state index < -0.39 is 0 Å². The maximum absolute atomic E-state index is 5.75. The largest absolute Gasteiger partial charge is 0.399 e. The van der Waals surface area contributed by atoms with Crippen LogP contribution in [0, 0.1) is 0 Å². The highest BCUT2D eigenvalue weighted by Crippen LogP contribution is 2.22. The maximum Gasteiger partial charge on any atom is 0.0946 e. The van der Waals surface area contributed by atoms with Gasteiger partial charge < -0.3 is 10.3 Å². The molecule has 0 saturated heterocycles. The van der Waals surface area contributed by atoms with E-state index >= 15 is 0 Å². The topological polar surface area (TPSA) is 43.8 Å². The normalized spacial score (nSPS) is 12.3. The van der Waals surface area contributed by atoms with Crippen LogP contribution in [0.25, 0.3) is 0 Å². The first-order valence-corrected chi connectivity index (χ1v) is 10.7. The number of thiophene rings is 1. The number of anilines is 1. The van der Waals surface area contributed by atoms with Crippen LogP contribution in [0.5, 0.6) is 0 Å². The first-order valence-electron chi connectivity index (χ1n) is 8.74. The second-order valence-corrected chi connectivity index (χ2v) is 8.66. The van der Waals surface area contributed by atoms with Gasteiger partial charge in [0.1, 0.15) is 0 Å². The molecule has 3 aromatic rings. The first-order chi connectivity index (χ1) is 12.3. The minimum absolute atomic E-state index is 0.628. The van der Waals surface area contributed by atoms with Crippen molar-refractivity contribution < 1.29 is 0 Å². The Balaban J connectivity index is 1.45. The van der Waals surface area contributed by atoms with Gasteiger partial charge in [0.25, 0.3) is 0 Å². The first kappa shape index (κ1) is 18.1. The van der Waals surface area contributed by atoms with Crippen molar-refractivity contribution >= 4 is 28.8 Å². The fourth-order valence-corrected chi connectivity index (χ4v) is 4.76. The predicted octanol–water partition coefficient (Wildman–Crippen LogP) is 4.89. The van der Waals surface area contributed by atoms with Gasteiger partial charge >= 0.3 is 0 Å². The smallest absolute Gasteiger partial charge is 0.0946 e. The lowest BCUT2D eigenvalue weighted by Crippen LogP contribution is -2.14. The molecule has 25 heavy (non-hydrogen) atoms. The molecule has 1 unspecified atom stereocenters. The summed E-state index contributed by atoms with van der Waals surface area (Å²) in [5.41, 5.74) is 7.96. The summed E-state index contributed by atoms with van der Waals surface area (Å²) in [6.07, 6.45) is 10.6. The lowest BCUT2D eigenvalue weighted by atomic mass is 10.1. The minimum atomic E-state index is 0.628. The van der Waals surface area contributed by atoms with Crippen LogP contribution in [0.1, 0.15) is 23.3 Å². The molecule has 2 heterocycles. The molecule has 3 nitrogen and oxygen atoms in total. The standard InChI is InChI=1S/C20H25N3S2/c21-18-7-5-17(6-8-18)3-1-13-25-20(15-23-12-11-22-16-23)10-9-19-4-2-14-24-19/h2,4-8,11-12,14,16,20H,1,3,9-10,13,15,21H2. The second-order valence-electron chi connectivity index (χ2n) is 6.22. The fourth-order valence-electron chi connectivity index (χ4n) is 2.83. The second kappa shape index (κ2) is 9.68. The third kappa shape index (κ3) is 6.25. The van der Waals surface area contributed by atoms with Gasteiger partial charge in [-0.25, -0.2) is 4.98 Å². The Morgan fingerprint density at radius 1 is 1.16 bits per heavy atom. The highest BCUT2D eigenvalue weighted by molar-refractivity contribution is 7.99. The molecular formula is C20H25N3S2. The SMILES string of the molecule is Nc1ccc(CCCSC(CCc2cccs2)Cn2ccnc2)cc1. The predicted molar refractivity (Wildman–Crippen MR) is 110 cm³/mol. The molecule has 0 aliphatic carbocycles. The number of nitrogens with zero attached hydrogens (tertiary/aromatic N) is 2. The average molecular weight is 372 g/mol. The lowest BCUT2D eigenvalue weighted by Gasteiger charge is -2.17. The van der Waals surface area contributed by atoms with Gasteiger partial charge in [-0.15, -0.1) is 11.3 Å². The van der Waals surface area contributed by atoms with Gasteiger partial charge in [-0.05, 0) is 60.6 Å². The van der Waals surface area contributed by atoms with E-state index in [1.807, 2.05) is 36.0 Å². The number of nitrogens with two attached hydrogens (primary N) is 1. The van der Waals surface area contributed by atoms with Crippen molar-refractivity contribution in [2.24, 2.45) is 0 Å². The summed E-state index contributed by atoms with van der Waals surface area (Å²) in [7, 11) is 0. The molecular weight excluding hydrogens is 346 g/mol. The average Bonchev–Trinajstić information content (AvgIpc) is 3.31. The molecule has 132 valence electrons. The number of aromatic nitrogens is 2. The summed E-state index contributed by atoms with van der Waals surface area (Å²) >= 11 is 3.96. The fraction of sp³-hybridized carbons (Fsp3) is 0.350. The number of thioether (sulfide) groups is 1. The van der Waals surface area contributed by atoms with E-state index in [1.54, 1.807) is 0 Å². The molecule has 2 aromatic heterocycles. The Labute approximate surface area is 158 Å². The third-order valence-electron chi connectivity index (χ3n) is 4.21. The van der Waals surface area contributed by atoms with E-state index in [1.165, 1.54) is 35.5 Å². The molecule has 0 aliphatic heterocycles. The summed E-state index contributed by atoms with van der Waals surface area (Å²) in [5, 5.41) is 2.79. The lowest BCUT2D eigenvalue weighted by molar-refractivity contribution is 0.625. The van der Waals surface area contributed by atoms with Crippen LogP contribution in [0.15, 0.2) is 60.5 Å². The van der Waals surface area contributed by atoms with Crippen molar-refractivity contribution in [3.63, 3.8) is 0 Å². The highest BCUT2D eigenvalue weighted by atomic mass is 32.2. The van der Waals surface area contributed by atoms with Crippen molar-refractivity contribution in [3.05, 3.63) is 70.9 Å². The van der Waals surface area contributed by atoms with Crippen molar-refractivity contribution in [1.29, 1.82) is 0 Å². The van der Waals surface area contributed by atoms with E-state index in [4.69, 9.17) is 5.73 Å².